The van der Waals surface area contributed by atoms with Crippen molar-refractivity contribution in [1.29, 1.82) is 0 Å². The van der Waals surface area contributed by atoms with Crippen molar-refractivity contribution in [3.8, 4) is 0 Å². The molecule has 150 valence electrons. The molecule has 4 heteroatoms. The van der Waals surface area contributed by atoms with Crippen molar-refractivity contribution in [3.05, 3.63) is 69.0 Å². The molecule has 0 aromatic heterocycles. The van der Waals surface area contributed by atoms with Crippen LogP contribution in [0.15, 0.2) is 46.8 Å². The van der Waals surface area contributed by atoms with Gasteiger partial charge >= 0.3 is 5.97 Å². The van der Waals surface area contributed by atoms with Gasteiger partial charge in [0.2, 0.25) is 0 Å². The third-order valence-corrected chi connectivity index (χ3v) is 6.13. The summed E-state index contributed by atoms with van der Waals surface area (Å²) in [6.07, 6.45) is 3.44. The highest BCUT2D eigenvalue weighted by Gasteiger charge is 2.41. The third kappa shape index (κ3) is 3.68. The summed E-state index contributed by atoms with van der Waals surface area (Å²) in [7, 11) is 1.55. The van der Waals surface area contributed by atoms with Crippen molar-refractivity contribution in [2.75, 3.05) is 7.11 Å². The van der Waals surface area contributed by atoms with Gasteiger partial charge in [0.25, 0.3) is 0 Å². The number of hydrogen-bond acceptors (Lipinski definition) is 3. The second-order valence-electron chi connectivity index (χ2n) is 8.17. The fourth-order valence-electron chi connectivity index (χ4n) is 3.95. The average molecular weight is 383 g/mol. The largest absolute Gasteiger partial charge is 0.500 e. The molecule has 0 bridgehead atoms. The number of carboxylic acids is 1. The molecule has 0 saturated carbocycles. The molecule has 0 aliphatic heterocycles. The van der Waals surface area contributed by atoms with E-state index in [2.05, 4.69) is 0 Å². The van der Waals surface area contributed by atoms with E-state index < -0.39 is 11.4 Å². The molecule has 2 rings (SSSR count). The van der Waals surface area contributed by atoms with Gasteiger partial charge in [0.15, 0.2) is 5.78 Å². The van der Waals surface area contributed by atoms with E-state index in [-0.39, 0.29) is 11.7 Å². The molecule has 0 heterocycles. The fourth-order valence-corrected chi connectivity index (χ4v) is 3.95. The van der Waals surface area contributed by atoms with Crippen LogP contribution in [0.1, 0.15) is 54.7 Å². The zero-order chi connectivity index (χ0) is 21.4. The van der Waals surface area contributed by atoms with Gasteiger partial charge in [0.1, 0.15) is 5.76 Å². The Morgan fingerprint density at radius 2 is 1.61 bits per heavy atom. The van der Waals surface area contributed by atoms with E-state index in [9.17, 15) is 14.7 Å². The van der Waals surface area contributed by atoms with Crippen molar-refractivity contribution in [2.45, 2.75) is 48.5 Å². The van der Waals surface area contributed by atoms with Crippen LogP contribution >= 0.6 is 0 Å². The molecule has 0 radical (unpaired) electrons. The van der Waals surface area contributed by atoms with E-state index >= 15 is 0 Å². The lowest BCUT2D eigenvalue weighted by atomic mass is 9.66. The lowest BCUT2D eigenvalue weighted by molar-refractivity contribution is -0.132. The van der Waals surface area contributed by atoms with Crippen molar-refractivity contribution in [3.63, 3.8) is 0 Å². The standard InChI is InChI=1S/C24H30O4/c1-13-11-15(3)18(12-14(13)2)20(25)10-9-19-22(28-8)16(4)21(23(26)27)17(5)24(19,6)7/h9-12,19H,1-8H3,(H,26,27). The summed E-state index contributed by atoms with van der Waals surface area (Å²) < 4.78 is 5.60. The van der Waals surface area contributed by atoms with E-state index in [1.807, 2.05) is 59.8 Å². The van der Waals surface area contributed by atoms with Crippen LogP contribution in [0.2, 0.25) is 0 Å². The number of ketones is 1. The highest BCUT2D eigenvalue weighted by atomic mass is 16.5. The number of allylic oxidation sites excluding steroid dienone is 3. The Hall–Kier alpha value is -2.62. The van der Waals surface area contributed by atoms with Crippen LogP contribution in [0.25, 0.3) is 0 Å². The van der Waals surface area contributed by atoms with Gasteiger partial charge in [-0.25, -0.2) is 4.79 Å². The maximum Gasteiger partial charge on any atom is 0.336 e. The molecule has 0 spiro atoms. The van der Waals surface area contributed by atoms with E-state index in [0.29, 0.717) is 22.5 Å². The highest BCUT2D eigenvalue weighted by molar-refractivity contribution is 6.05. The van der Waals surface area contributed by atoms with E-state index in [0.717, 1.165) is 22.3 Å². The smallest absolute Gasteiger partial charge is 0.336 e. The van der Waals surface area contributed by atoms with Gasteiger partial charge in [-0.2, -0.15) is 0 Å². The summed E-state index contributed by atoms with van der Waals surface area (Å²) >= 11 is 0. The Morgan fingerprint density at radius 3 is 2.14 bits per heavy atom. The van der Waals surface area contributed by atoms with Gasteiger partial charge in [-0.05, 0) is 68.9 Å². The van der Waals surface area contributed by atoms with Crippen LogP contribution in [0.3, 0.4) is 0 Å². The lowest BCUT2D eigenvalue weighted by Crippen LogP contribution is -2.33. The minimum absolute atomic E-state index is 0.0600. The first-order valence-corrected chi connectivity index (χ1v) is 9.43. The van der Waals surface area contributed by atoms with Crippen LogP contribution < -0.4 is 0 Å². The Balaban J connectivity index is 2.49. The topological polar surface area (TPSA) is 63.6 Å². The van der Waals surface area contributed by atoms with Crippen molar-refractivity contribution in [1.82, 2.24) is 0 Å². The number of aryl methyl sites for hydroxylation is 3. The second-order valence-corrected chi connectivity index (χ2v) is 8.17. The predicted octanol–water partition coefficient (Wildman–Crippen LogP) is 5.33. The molecule has 28 heavy (non-hydrogen) atoms. The Morgan fingerprint density at radius 1 is 1.04 bits per heavy atom. The summed E-state index contributed by atoms with van der Waals surface area (Å²) in [5, 5.41) is 9.64. The van der Waals surface area contributed by atoms with Crippen LogP contribution in [0.5, 0.6) is 0 Å². The van der Waals surface area contributed by atoms with Gasteiger partial charge < -0.3 is 9.84 Å². The van der Waals surface area contributed by atoms with Crippen molar-refractivity contribution >= 4 is 11.8 Å². The first-order chi connectivity index (χ1) is 12.9. The molecular formula is C24H30O4. The molecule has 0 fully saturated rings. The van der Waals surface area contributed by atoms with Gasteiger partial charge in [0, 0.05) is 17.1 Å². The molecule has 1 aromatic rings. The zero-order valence-corrected chi connectivity index (χ0v) is 18.1. The van der Waals surface area contributed by atoms with Crippen LogP contribution in [-0.2, 0) is 9.53 Å². The quantitative estimate of drug-likeness (QED) is 0.552. The van der Waals surface area contributed by atoms with Gasteiger partial charge in [-0.3, -0.25) is 4.79 Å². The number of carbonyl (C=O) groups is 2. The maximum atomic E-state index is 12.9. The first-order valence-electron chi connectivity index (χ1n) is 9.43. The fraction of sp³-hybridized carbons (Fsp3) is 0.417. The SMILES string of the molecule is COC1=C(C)C(C(=O)O)=C(C)C(C)(C)C1C=CC(=O)c1cc(C)c(C)cc1C. The third-order valence-electron chi connectivity index (χ3n) is 6.13. The highest BCUT2D eigenvalue weighted by Crippen LogP contribution is 2.48. The monoisotopic (exact) mass is 382 g/mol. The number of carbonyl (C=O) groups excluding carboxylic acids is 1. The Labute approximate surface area is 167 Å². The number of benzene rings is 1. The molecule has 1 atom stereocenters. The van der Waals surface area contributed by atoms with Gasteiger partial charge in [0.05, 0.1) is 12.7 Å². The number of aliphatic carboxylic acids is 1. The van der Waals surface area contributed by atoms with Crippen molar-refractivity contribution < 1.29 is 19.4 Å². The summed E-state index contributed by atoms with van der Waals surface area (Å²) in [6.45, 7) is 13.5. The predicted molar refractivity (Wildman–Crippen MR) is 111 cm³/mol. The van der Waals surface area contributed by atoms with Crippen LogP contribution in [0.4, 0.5) is 0 Å². The number of ether oxygens (including phenoxy) is 1. The average Bonchev–Trinajstić information content (AvgIpc) is 2.59. The lowest BCUT2D eigenvalue weighted by Gasteiger charge is -2.40. The zero-order valence-electron chi connectivity index (χ0n) is 18.1. The Bertz CT molecular complexity index is 926. The maximum absolute atomic E-state index is 12.9. The number of hydrogen-bond donors (Lipinski definition) is 1. The molecule has 1 N–H and O–H groups in total. The van der Waals surface area contributed by atoms with E-state index in [4.69, 9.17) is 4.74 Å². The van der Waals surface area contributed by atoms with Crippen molar-refractivity contribution in [2.24, 2.45) is 11.3 Å². The first kappa shape index (κ1) is 21.7. The molecular weight excluding hydrogens is 352 g/mol. The van der Waals surface area contributed by atoms with Crippen LogP contribution in [-0.4, -0.2) is 24.0 Å². The molecule has 0 amide bonds. The number of methoxy groups -OCH3 is 1. The number of carboxylic acid groups (broad SMARTS) is 1. The molecule has 4 nitrogen and oxygen atoms in total. The second kappa shape index (κ2) is 7.78. The summed E-state index contributed by atoms with van der Waals surface area (Å²) in [5.41, 5.74) is 5.07. The molecule has 1 aliphatic carbocycles. The molecule has 1 unspecified atom stereocenters. The summed E-state index contributed by atoms with van der Waals surface area (Å²) in [6, 6.07) is 3.95. The molecule has 0 saturated heterocycles. The minimum atomic E-state index is -0.957. The summed E-state index contributed by atoms with van der Waals surface area (Å²) in [5.74, 6) is -0.651. The molecule has 1 aromatic carbocycles. The van der Waals surface area contributed by atoms with E-state index in [1.54, 1.807) is 20.1 Å². The Kier molecular flexibility index (Phi) is 6.03. The minimum Gasteiger partial charge on any atom is -0.500 e. The van der Waals surface area contributed by atoms with Gasteiger partial charge in [-0.15, -0.1) is 0 Å². The normalized spacial score (nSPS) is 19.4. The van der Waals surface area contributed by atoms with Gasteiger partial charge in [-0.1, -0.05) is 31.6 Å². The van der Waals surface area contributed by atoms with E-state index in [1.165, 1.54) is 0 Å². The summed E-state index contributed by atoms with van der Waals surface area (Å²) in [4.78, 5) is 24.6. The number of rotatable bonds is 5. The molecule has 1 aliphatic rings. The van der Waals surface area contributed by atoms with Crippen LogP contribution in [0, 0.1) is 32.1 Å².